The van der Waals surface area contributed by atoms with Crippen LogP contribution in [0.1, 0.15) is 64.7 Å². The van der Waals surface area contributed by atoms with Gasteiger partial charge in [-0.05, 0) is 25.7 Å². The molecule has 3 atom stereocenters. The van der Waals surface area contributed by atoms with Gasteiger partial charge in [0.2, 0.25) is 0 Å². The molecule has 1 aliphatic heterocycles. The van der Waals surface area contributed by atoms with Crippen LogP contribution in [0, 0.1) is 0 Å². The van der Waals surface area contributed by atoms with Crippen LogP contribution in [0.25, 0.3) is 0 Å². The van der Waals surface area contributed by atoms with Crippen LogP contribution in [0.3, 0.4) is 0 Å². The Labute approximate surface area is 118 Å². The number of hydrogen-bond acceptors (Lipinski definition) is 3. The molecule has 1 fully saturated rings. The molecule has 0 spiro atoms. The minimum atomic E-state index is -0.472. The molecular weight excluding hydrogens is 240 g/mol. The van der Waals surface area contributed by atoms with Crippen molar-refractivity contribution in [3.05, 3.63) is 12.7 Å². The summed E-state index contributed by atoms with van der Waals surface area (Å²) in [6.07, 6.45) is 11.0. The van der Waals surface area contributed by atoms with E-state index in [1.165, 1.54) is 25.7 Å². The third-order valence-electron chi connectivity index (χ3n) is 3.64. The van der Waals surface area contributed by atoms with E-state index in [2.05, 4.69) is 13.5 Å². The van der Waals surface area contributed by atoms with Gasteiger partial charge in [0.15, 0.2) is 6.29 Å². The summed E-state index contributed by atoms with van der Waals surface area (Å²) in [5.74, 6) is 0. The molecule has 1 saturated heterocycles. The molecule has 1 heterocycles. The first-order valence-electron chi connectivity index (χ1n) is 7.84. The first-order valence-corrected chi connectivity index (χ1v) is 7.84. The van der Waals surface area contributed by atoms with Crippen molar-refractivity contribution >= 4 is 0 Å². The summed E-state index contributed by atoms with van der Waals surface area (Å²) in [5, 5.41) is 9.72. The first kappa shape index (κ1) is 16.7. The van der Waals surface area contributed by atoms with Gasteiger partial charge in [0.25, 0.3) is 0 Å². The maximum atomic E-state index is 9.72. The van der Waals surface area contributed by atoms with Crippen LogP contribution in [0.2, 0.25) is 0 Å². The van der Waals surface area contributed by atoms with E-state index in [1.807, 2.05) is 0 Å². The van der Waals surface area contributed by atoms with Crippen LogP contribution in [0.4, 0.5) is 0 Å². The quantitative estimate of drug-likeness (QED) is 0.484. The van der Waals surface area contributed by atoms with Crippen molar-refractivity contribution in [2.24, 2.45) is 0 Å². The average Bonchev–Trinajstić information content (AvgIpc) is 2.44. The summed E-state index contributed by atoms with van der Waals surface area (Å²) in [5.41, 5.74) is 0. The van der Waals surface area contributed by atoms with Crippen molar-refractivity contribution in [3.63, 3.8) is 0 Å². The fourth-order valence-electron chi connectivity index (χ4n) is 2.44. The van der Waals surface area contributed by atoms with Crippen molar-refractivity contribution in [1.29, 1.82) is 0 Å². The van der Waals surface area contributed by atoms with Crippen molar-refractivity contribution < 1.29 is 14.6 Å². The monoisotopic (exact) mass is 270 g/mol. The minimum absolute atomic E-state index is 0.0676. The highest BCUT2D eigenvalue weighted by molar-refractivity contribution is 4.81. The molecule has 0 aromatic rings. The van der Waals surface area contributed by atoms with E-state index in [4.69, 9.17) is 9.47 Å². The maximum Gasteiger partial charge on any atom is 0.157 e. The number of aliphatic hydroxyl groups excluding tert-OH is 1. The number of aliphatic hydroxyl groups is 1. The van der Waals surface area contributed by atoms with Crippen molar-refractivity contribution in [1.82, 2.24) is 0 Å². The van der Waals surface area contributed by atoms with Crippen LogP contribution in [-0.4, -0.2) is 30.2 Å². The van der Waals surface area contributed by atoms with Gasteiger partial charge in [0.1, 0.15) is 0 Å². The molecule has 0 bridgehead atoms. The van der Waals surface area contributed by atoms with Crippen LogP contribution >= 0.6 is 0 Å². The van der Waals surface area contributed by atoms with Crippen LogP contribution in [0.5, 0.6) is 0 Å². The van der Waals surface area contributed by atoms with Gasteiger partial charge in [-0.2, -0.15) is 0 Å². The Kier molecular flexibility index (Phi) is 9.14. The van der Waals surface area contributed by atoms with Crippen LogP contribution in [0.15, 0.2) is 12.7 Å². The molecule has 3 unspecified atom stereocenters. The smallest absolute Gasteiger partial charge is 0.157 e. The Hall–Kier alpha value is -0.380. The van der Waals surface area contributed by atoms with Gasteiger partial charge in [-0.1, -0.05) is 38.7 Å². The third-order valence-corrected chi connectivity index (χ3v) is 3.64. The molecular formula is C16H30O3. The second-order valence-corrected chi connectivity index (χ2v) is 5.44. The van der Waals surface area contributed by atoms with Gasteiger partial charge in [0.05, 0.1) is 12.2 Å². The molecule has 1 aliphatic rings. The predicted molar refractivity (Wildman–Crippen MR) is 78.0 cm³/mol. The molecule has 3 nitrogen and oxygen atoms in total. The van der Waals surface area contributed by atoms with Crippen molar-refractivity contribution in [3.8, 4) is 0 Å². The molecule has 1 N–H and O–H groups in total. The summed E-state index contributed by atoms with van der Waals surface area (Å²) < 4.78 is 11.6. The van der Waals surface area contributed by atoms with E-state index in [1.54, 1.807) is 6.08 Å². The second-order valence-electron chi connectivity index (χ2n) is 5.44. The van der Waals surface area contributed by atoms with Gasteiger partial charge in [-0.25, -0.2) is 0 Å². The van der Waals surface area contributed by atoms with E-state index in [0.29, 0.717) is 6.42 Å². The Bertz CT molecular complexity index is 224. The Balaban J connectivity index is 2.31. The lowest BCUT2D eigenvalue weighted by molar-refractivity contribution is -0.193. The number of ether oxygens (including phenoxy) is 2. The normalized spacial score (nSPS) is 22.9. The Morgan fingerprint density at radius 1 is 1.37 bits per heavy atom. The van der Waals surface area contributed by atoms with E-state index >= 15 is 0 Å². The topological polar surface area (TPSA) is 38.7 Å². The molecule has 0 aromatic carbocycles. The standard InChI is InChI=1S/C16H30O3/c1-3-5-6-7-10-15(13-14(17)4-2)19-16-11-8-9-12-18-16/h4,14-17H,2-3,5-13H2,1H3. The Morgan fingerprint density at radius 3 is 2.84 bits per heavy atom. The largest absolute Gasteiger partial charge is 0.389 e. The summed E-state index contributed by atoms with van der Waals surface area (Å²) in [7, 11) is 0. The lowest BCUT2D eigenvalue weighted by Crippen LogP contribution is -2.30. The van der Waals surface area contributed by atoms with Crippen molar-refractivity contribution in [2.75, 3.05) is 6.61 Å². The predicted octanol–water partition coefficient (Wildman–Crippen LogP) is 3.81. The fraction of sp³-hybridized carbons (Fsp3) is 0.875. The highest BCUT2D eigenvalue weighted by atomic mass is 16.7. The molecule has 1 rings (SSSR count). The summed E-state index contributed by atoms with van der Waals surface area (Å²) >= 11 is 0. The highest BCUT2D eigenvalue weighted by Crippen LogP contribution is 2.20. The lowest BCUT2D eigenvalue weighted by Gasteiger charge is -2.28. The zero-order valence-electron chi connectivity index (χ0n) is 12.4. The molecule has 19 heavy (non-hydrogen) atoms. The zero-order valence-corrected chi connectivity index (χ0v) is 12.4. The Morgan fingerprint density at radius 2 is 2.21 bits per heavy atom. The zero-order chi connectivity index (χ0) is 13.9. The molecule has 0 aromatic heterocycles. The molecule has 0 radical (unpaired) electrons. The molecule has 0 saturated carbocycles. The van der Waals surface area contributed by atoms with E-state index in [0.717, 1.165) is 32.3 Å². The molecule has 0 aliphatic carbocycles. The second kappa shape index (κ2) is 10.4. The van der Waals surface area contributed by atoms with Gasteiger partial charge >= 0.3 is 0 Å². The third kappa shape index (κ3) is 7.71. The minimum Gasteiger partial charge on any atom is -0.389 e. The van der Waals surface area contributed by atoms with Crippen LogP contribution < -0.4 is 0 Å². The van der Waals surface area contributed by atoms with Gasteiger partial charge < -0.3 is 14.6 Å². The number of rotatable bonds is 10. The number of hydrogen-bond donors (Lipinski definition) is 1. The SMILES string of the molecule is C=CC(O)CC(CCCCCC)OC1CCCCO1. The summed E-state index contributed by atoms with van der Waals surface area (Å²) in [4.78, 5) is 0. The highest BCUT2D eigenvalue weighted by Gasteiger charge is 2.21. The number of unbranched alkanes of at least 4 members (excludes halogenated alkanes) is 3. The van der Waals surface area contributed by atoms with Crippen LogP contribution in [-0.2, 0) is 9.47 Å². The fourth-order valence-corrected chi connectivity index (χ4v) is 2.44. The van der Waals surface area contributed by atoms with Gasteiger partial charge in [-0.3, -0.25) is 0 Å². The van der Waals surface area contributed by atoms with Gasteiger partial charge in [0, 0.05) is 13.0 Å². The lowest BCUT2D eigenvalue weighted by atomic mass is 10.0. The maximum absolute atomic E-state index is 9.72. The van der Waals surface area contributed by atoms with E-state index in [9.17, 15) is 5.11 Å². The molecule has 3 heteroatoms. The van der Waals surface area contributed by atoms with E-state index in [-0.39, 0.29) is 12.4 Å². The van der Waals surface area contributed by atoms with Crippen molar-refractivity contribution in [2.45, 2.75) is 83.2 Å². The van der Waals surface area contributed by atoms with Gasteiger partial charge in [-0.15, -0.1) is 6.58 Å². The summed E-state index contributed by atoms with van der Waals surface area (Å²) in [6.45, 7) is 6.65. The molecule has 0 amide bonds. The summed E-state index contributed by atoms with van der Waals surface area (Å²) in [6, 6.07) is 0. The average molecular weight is 270 g/mol. The van der Waals surface area contributed by atoms with E-state index < -0.39 is 6.10 Å². The molecule has 112 valence electrons. The first-order chi connectivity index (χ1) is 9.26.